The van der Waals surface area contributed by atoms with Crippen molar-refractivity contribution in [3.8, 4) is 21.7 Å². The third kappa shape index (κ3) is 4.39. The van der Waals surface area contributed by atoms with Crippen LogP contribution in [0.2, 0.25) is 0 Å². The Morgan fingerprint density at radius 3 is 2.11 bits per heavy atom. The number of thiazole rings is 1. The molecule has 7 heteroatoms. The number of nitrogens with two attached hydrogens (primary N) is 1. The van der Waals surface area contributed by atoms with Gasteiger partial charge in [-0.25, -0.2) is 4.98 Å². The van der Waals surface area contributed by atoms with Crippen molar-refractivity contribution in [1.29, 1.82) is 0 Å². The van der Waals surface area contributed by atoms with Crippen LogP contribution in [-0.2, 0) is 5.54 Å². The number of nitrogens with zero attached hydrogens (tertiary/aromatic N) is 4. The molecule has 0 radical (unpaired) electrons. The molecule has 0 bridgehead atoms. The average Bonchev–Trinajstić information content (AvgIpc) is 3.34. The van der Waals surface area contributed by atoms with E-state index in [1.165, 1.54) is 16.1 Å². The van der Waals surface area contributed by atoms with Crippen LogP contribution in [0.1, 0.15) is 25.3 Å². The summed E-state index contributed by atoms with van der Waals surface area (Å²) in [6.07, 6.45) is 4.88. The molecular formula is C29H31N5OS. The maximum Gasteiger partial charge on any atom is 0.186 e. The third-order valence-corrected chi connectivity index (χ3v) is 8.52. The monoisotopic (exact) mass is 497 g/mol. The van der Waals surface area contributed by atoms with E-state index in [0.29, 0.717) is 12.8 Å². The molecule has 3 N–H and O–H groups in total. The van der Waals surface area contributed by atoms with Crippen molar-refractivity contribution >= 4 is 22.2 Å². The van der Waals surface area contributed by atoms with Gasteiger partial charge in [-0.2, -0.15) is 0 Å². The molecule has 1 aliphatic carbocycles. The summed E-state index contributed by atoms with van der Waals surface area (Å²) in [4.78, 5) is 15.3. The first-order chi connectivity index (χ1) is 17.4. The molecule has 0 spiro atoms. The van der Waals surface area contributed by atoms with Gasteiger partial charge in [-0.1, -0.05) is 65.9 Å². The smallest absolute Gasteiger partial charge is 0.186 e. The zero-order valence-corrected chi connectivity index (χ0v) is 21.3. The molecule has 0 atom stereocenters. The standard InChI is InChI=1S/C29H31N5OS/c1-28(35)19-29(30,20-28)23-9-7-21(8-10-23)25-26(22-5-3-2-4-6-22)36-27(32-25)34-17-15-33(16-18-34)24-11-13-31-14-12-24/h2-14,35H,15-20,30H2,1H3/t28-,29-. The number of aliphatic hydroxyl groups is 1. The number of benzene rings is 2. The zero-order chi connectivity index (χ0) is 24.8. The molecule has 1 saturated heterocycles. The van der Waals surface area contributed by atoms with Gasteiger partial charge in [0, 0.05) is 55.4 Å². The Hall–Kier alpha value is -3.26. The first kappa shape index (κ1) is 23.2. The fraction of sp³-hybridized carbons (Fsp3) is 0.310. The highest BCUT2D eigenvalue weighted by Gasteiger charge is 2.49. The van der Waals surface area contributed by atoms with Crippen LogP contribution in [-0.4, -0.2) is 46.9 Å². The molecule has 1 aliphatic heterocycles. The Bertz CT molecular complexity index is 1320. The highest BCUT2D eigenvalue weighted by molar-refractivity contribution is 7.19. The second kappa shape index (κ2) is 9.00. The maximum atomic E-state index is 10.2. The van der Waals surface area contributed by atoms with Gasteiger partial charge in [0.05, 0.1) is 16.2 Å². The van der Waals surface area contributed by atoms with E-state index in [2.05, 4.69) is 75.4 Å². The highest BCUT2D eigenvalue weighted by atomic mass is 32.1. The minimum absolute atomic E-state index is 0.452. The molecule has 0 unspecified atom stereocenters. The minimum Gasteiger partial charge on any atom is -0.390 e. The van der Waals surface area contributed by atoms with Crippen LogP contribution >= 0.6 is 11.3 Å². The van der Waals surface area contributed by atoms with Crippen LogP contribution in [0.3, 0.4) is 0 Å². The highest BCUT2D eigenvalue weighted by Crippen LogP contribution is 2.47. The van der Waals surface area contributed by atoms with Crippen LogP contribution in [0.15, 0.2) is 79.1 Å². The van der Waals surface area contributed by atoms with E-state index >= 15 is 0 Å². The van der Waals surface area contributed by atoms with Crippen LogP contribution in [0.5, 0.6) is 0 Å². The number of pyridine rings is 1. The summed E-state index contributed by atoms with van der Waals surface area (Å²) in [6, 6.07) is 23.1. The van der Waals surface area contributed by atoms with Crippen LogP contribution in [0, 0.1) is 0 Å². The number of anilines is 2. The third-order valence-electron chi connectivity index (χ3n) is 7.36. The fourth-order valence-corrected chi connectivity index (χ4v) is 6.75. The molecule has 36 heavy (non-hydrogen) atoms. The van der Waals surface area contributed by atoms with Gasteiger partial charge in [0.2, 0.25) is 0 Å². The number of piperazine rings is 1. The van der Waals surface area contributed by atoms with Gasteiger partial charge < -0.3 is 20.6 Å². The quantitative estimate of drug-likeness (QED) is 0.408. The number of hydrogen-bond acceptors (Lipinski definition) is 7. The van der Waals surface area contributed by atoms with E-state index in [1.54, 1.807) is 11.3 Å². The summed E-state index contributed by atoms with van der Waals surface area (Å²) < 4.78 is 0. The molecule has 2 fully saturated rings. The van der Waals surface area contributed by atoms with Gasteiger partial charge >= 0.3 is 0 Å². The van der Waals surface area contributed by atoms with Crippen molar-refractivity contribution in [3.05, 3.63) is 84.7 Å². The van der Waals surface area contributed by atoms with Gasteiger partial charge in [0.15, 0.2) is 5.13 Å². The fourth-order valence-electron chi connectivity index (χ4n) is 5.61. The Labute approximate surface area is 216 Å². The minimum atomic E-state index is -0.668. The predicted molar refractivity (Wildman–Crippen MR) is 147 cm³/mol. The summed E-state index contributed by atoms with van der Waals surface area (Å²) in [7, 11) is 0. The van der Waals surface area contributed by atoms with Gasteiger partial charge in [0.1, 0.15) is 0 Å². The number of aromatic nitrogens is 2. The Balaban J connectivity index is 1.28. The molecule has 2 aromatic heterocycles. The Morgan fingerprint density at radius 1 is 0.833 bits per heavy atom. The Kier molecular flexibility index (Phi) is 5.79. The first-order valence-corrected chi connectivity index (χ1v) is 13.3. The van der Waals surface area contributed by atoms with Gasteiger partial charge in [-0.05, 0) is 43.0 Å². The largest absolute Gasteiger partial charge is 0.390 e. The molecule has 4 aromatic rings. The van der Waals surface area contributed by atoms with Gasteiger partial charge in [-0.15, -0.1) is 0 Å². The predicted octanol–water partition coefficient (Wildman–Crippen LogP) is 4.90. The maximum absolute atomic E-state index is 10.2. The summed E-state index contributed by atoms with van der Waals surface area (Å²) in [5, 5.41) is 11.3. The number of hydrogen-bond donors (Lipinski definition) is 2. The number of rotatable bonds is 5. The van der Waals surface area contributed by atoms with Crippen molar-refractivity contribution < 1.29 is 5.11 Å². The molecular weight excluding hydrogens is 466 g/mol. The van der Waals surface area contributed by atoms with Crippen molar-refractivity contribution in [2.24, 2.45) is 5.73 Å². The van der Waals surface area contributed by atoms with Gasteiger partial charge in [0.25, 0.3) is 0 Å². The van der Waals surface area contributed by atoms with Crippen molar-refractivity contribution in [2.45, 2.75) is 30.9 Å². The molecule has 2 aromatic carbocycles. The topological polar surface area (TPSA) is 78.5 Å². The van der Waals surface area contributed by atoms with Crippen molar-refractivity contribution in [3.63, 3.8) is 0 Å². The molecule has 0 amide bonds. The van der Waals surface area contributed by atoms with E-state index in [9.17, 15) is 5.11 Å². The lowest BCUT2D eigenvalue weighted by Crippen LogP contribution is -2.58. The lowest BCUT2D eigenvalue weighted by atomic mass is 9.63. The van der Waals surface area contributed by atoms with Crippen molar-refractivity contribution in [2.75, 3.05) is 36.0 Å². The molecule has 6 rings (SSSR count). The summed E-state index contributed by atoms with van der Waals surface area (Å²) in [6.45, 7) is 5.62. The van der Waals surface area contributed by atoms with Crippen LogP contribution in [0.25, 0.3) is 21.7 Å². The van der Waals surface area contributed by atoms with E-state index < -0.39 is 11.1 Å². The molecule has 2 aliphatic rings. The van der Waals surface area contributed by atoms with Crippen LogP contribution < -0.4 is 15.5 Å². The molecule has 1 saturated carbocycles. The molecule has 6 nitrogen and oxygen atoms in total. The van der Waals surface area contributed by atoms with E-state index in [-0.39, 0.29) is 0 Å². The molecule has 184 valence electrons. The lowest BCUT2D eigenvalue weighted by molar-refractivity contribution is -0.0738. The lowest BCUT2D eigenvalue weighted by Gasteiger charge is -2.49. The second-order valence-corrected chi connectivity index (χ2v) is 11.3. The average molecular weight is 498 g/mol. The van der Waals surface area contributed by atoms with E-state index in [4.69, 9.17) is 10.7 Å². The van der Waals surface area contributed by atoms with Gasteiger partial charge in [-0.3, -0.25) is 4.98 Å². The second-order valence-electron chi connectivity index (χ2n) is 10.3. The van der Waals surface area contributed by atoms with E-state index in [0.717, 1.165) is 48.1 Å². The summed E-state index contributed by atoms with van der Waals surface area (Å²) in [5.74, 6) is 0. The Morgan fingerprint density at radius 2 is 1.47 bits per heavy atom. The first-order valence-electron chi connectivity index (χ1n) is 12.5. The summed E-state index contributed by atoms with van der Waals surface area (Å²) in [5.41, 5.74) is 11.0. The van der Waals surface area contributed by atoms with Crippen LogP contribution in [0.4, 0.5) is 10.8 Å². The SMILES string of the molecule is C[C@]1(O)C[C@@](N)(c2ccc(-c3nc(N4CCN(c5ccncc5)CC4)sc3-c3ccccc3)cc2)C1. The normalized spacial score (nSPS) is 24.0. The summed E-state index contributed by atoms with van der Waals surface area (Å²) >= 11 is 1.76. The van der Waals surface area contributed by atoms with Crippen molar-refractivity contribution in [1.82, 2.24) is 9.97 Å². The van der Waals surface area contributed by atoms with E-state index in [1.807, 2.05) is 25.4 Å². The zero-order valence-electron chi connectivity index (χ0n) is 20.5. The molecule has 3 heterocycles.